The highest BCUT2D eigenvalue weighted by molar-refractivity contribution is 7.22. The number of rotatable bonds is 4. The van der Waals surface area contributed by atoms with E-state index in [0.29, 0.717) is 5.69 Å². The van der Waals surface area contributed by atoms with E-state index in [1.165, 1.54) is 42.8 Å². The molecule has 0 aliphatic carbocycles. The summed E-state index contributed by atoms with van der Waals surface area (Å²) in [5, 5.41) is 3.83. The van der Waals surface area contributed by atoms with Crippen LogP contribution in [0, 0.1) is 0 Å². The van der Waals surface area contributed by atoms with Crippen LogP contribution in [-0.4, -0.2) is 33.1 Å². The molecule has 2 aromatic heterocycles. The number of thiazole rings is 1. The van der Waals surface area contributed by atoms with Crippen LogP contribution < -0.4 is 21.5 Å². The molecular formula is C20H21N5O3S. The van der Waals surface area contributed by atoms with Gasteiger partial charge in [0.25, 0.3) is 5.56 Å². The van der Waals surface area contributed by atoms with Gasteiger partial charge in [0.2, 0.25) is 5.91 Å². The van der Waals surface area contributed by atoms with Gasteiger partial charge in [-0.2, -0.15) is 0 Å². The molecule has 4 rings (SSSR count). The maximum absolute atomic E-state index is 12.3. The van der Waals surface area contributed by atoms with Crippen LogP contribution in [0.2, 0.25) is 0 Å². The second kappa shape index (κ2) is 7.67. The van der Waals surface area contributed by atoms with Crippen molar-refractivity contribution in [1.82, 2.24) is 14.1 Å². The van der Waals surface area contributed by atoms with Gasteiger partial charge in [0.1, 0.15) is 0 Å². The molecule has 1 fully saturated rings. The number of anilines is 2. The van der Waals surface area contributed by atoms with E-state index in [1.807, 2.05) is 18.2 Å². The minimum atomic E-state index is -0.447. The average Bonchev–Trinajstić information content (AvgIpc) is 3.37. The first-order chi connectivity index (χ1) is 13.9. The molecule has 8 nitrogen and oxygen atoms in total. The summed E-state index contributed by atoms with van der Waals surface area (Å²) >= 11 is 1.62. The molecule has 0 radical (unpaired) electrons. The lowest BCUT2D eigenvalue weighted by Crippen LogP contribution is -2.37. The third kappa shape index (κ3) is 3.86. The number of carbonyl (C=O) groups is 1. The van der Waals surface area contributed by atoms with Crippen molar-refractivity contribution in [1.29, 1.82) is 0 Å². The normalized spacial score (nSPS) is 14.2. The highest BCUT2D eigenvalue weighted by atomic mass is 32.1. The summed E-state index contributed by atoms with van der Waals surface area (Å²) in [6.45, 7) is 2.08. The van der Waals surface area contributed by atoms with Crippen molar-refractivity contribution in [3.8, 4) is 0 Å². The van der Waals surface area contributed by atoms with Crippen LogP contribution in [0.4, 0.5) is 10.8 Å². The first-order valence-corrected chi connectivity index (χ1v) is 10.2. The van der Waals surface area contributed by atoms with Crippen molar-refractivity contribution in [2.45, 2.75) is 12.8 Å². The molecule has 1 N–H and O–H groups in total. The molecule has 0 spiro atoms. The number of aromatic nitrogens is 3. The summed E-state index contributed by atoms with van der Waals surface area (Å²) in [5.74, 6) is -0.357. The van der Waals surface area contributed by atoms with Gasteiger partial charge in [-0.3, -0.25) is 14.2 Å². The Balaban J connectivity index is 1.51. The Bertz CT molecular complexity index is 1230. The molecule has 0 atom stereocenters. The molecule has 1 saturated heterocycles. The van der Waals surface area contributed by atoms with Gasteiger partial charge in [-0.05, 0) is 37.1 Å². The Morgan fingerprint density at radius 2 is 1.97 bits per heavy atom. The standard InChI is InChI=1S/C20H21N5O3S/c1-23-12-13(18(27)24(2)20(23)28)5-8-17(26)21-14-6-7-15-16(11-14)29-19(22-15)25-9-3-4-10-25/h5-8,11-12H,3-4,9-10H2,1-2H3,(H,21,26)/b8-5+. The maximum Gasteiger partial charge on any atom is 0.330 e. The molecule has 1 aliphatic rings. The van der Waals surface area contributed by atoms with Crippen LogP contribution in [0.15, 0.2) is 40.1 Å². The molecule has 1 aromatic carbocycles. The molecule has 1 amide bonds. The molecule has 150 valence electrons. The van der Waals surface area contributed by atoms with Crippen molar-refractivity contribution in [2.75, 3.05) is 23.3 Å². The third-order valence-corrected chi connectivity index (χ3v) is 5.99. The average molecular weight is 411 g/mol. The predicted molar refractivity (Wildman–Crippen MR) is 116 cm³/mol. The van der Waals surface area contributed by atoms with Gasteiger partial charge in [0, 0.05) is 45.1 Å². The van der Waals surface area contributed by atoms with E-state index >= 15 is 0 Å². The number of nitrogens with zero attached hydrogens (tertiary/aromatic N) is 4. The summed E-state index contributed by atoms with van der Waals surface area (Å²) in [4.78, 5) is 43.1. The Morgan fingerprint density at radius 3 is 2.72 bits per heavy atom. The van der Waals surface area contributed by atoms with Gasteiger partial charge < -0.3 is 14.8 Å². The third-order valence-electron chi connectivity index (χ3n) is 4.91. The number of amides is 1. The van der Waals surface area contributed by atoms with Crippen molar-refractivity contribution >= 4 is 44.4 Å². The van der Waals surface area contributed by atoms with Gasteiger partial charge >= 0.3 is 5.69 Å². The first kappa shape index (κ1) is 19.1. The molecule has 9 heteroatoms. The van der Waals surface area contributed by atoms with Gasteiger partial charge in [-0.25, -0.2) is 9.78 Å². The predicted octanol–water partition coefficient (Wildman–Crippen LogP) is 1.95. The Hall–Kier alpha value is -3.20. The lowest BCUT2D eigenvalue weighted by molar-refractivity contribution is -0.111. The maximum atomic E-state index is 12.3. The molecule has 3 aromatic rings. The van der Waals surface area contributed by atoms with Crippen molar-refractivity contribution in [3.05, 3.63) is 56.9 Å². The highest BCUT2D eigenvalue weighted by Crippen LogP contribution is 2.32. The number of nitrogens with one attached hydrogen (secondary N) is 1. The Kier molecular flexibility index (Phi) is 5.06. The van der Waals surface area contributed by atoms with Crippen LogP contribution in [0.25, 0.3) is 16.3 Å². The molecule has 0 bridgehead atoms. The second-order valence-corrected chi connectivity index (χ2v) is 8.05. The lowest BCUT2D eigenvalue weighted by Gasteiger charge is -2.11. The van der Waals surface area contributed by atoms with Crippen molar-refractivity contribution in [2.24, 2.45) is 14.1 Å². The largest absolute Gasteiger partial charge is 0.348 e. The van der Waals surface area contributed by atoms with Crippen LogP contribution in [0.3, 0.4) is 0 Å². The zero-order valence-corrected chi connectivity index (χ0v) is 17.0. The summed E-state index contributed by atoms with van der Waals surface area (Å²) in [7, 11) is 2.96. The van der Waals surface area contributed by atoms with Gasteiger partial charge in [0.05, 0.1) is 15.8 Å². The molecule has 1 aliphatic heterocycles. The smallest absolute Gasteiger partial charge is 0.330 e. The van der Waals surface area contributed by atoms with E-state index in [-0.39, 0.29) is 11.5 Å². The van der Waals surface area contributed by atoms with Crippen LogP contribution >= 0.6 is 11.3 Å². The molecule has 0 unspecified atom stereocenters. The quantitative estimate of drug-likeness (QED) is 0.663. The van der Waals surface area contributed by atoms with E-state index in [9.17, 15) is 14.4 Å². The van der Waals surface area contributed by atoms with E-state index in [0.717, 1.165) is 33.0 Å². The number of hydrogen-bond acceptors (Lipinski definition) is 6. The van der Waals surface area contributed by atoms with Gasteiger partial charge in [0.15, 0.2) is 5.13 Å². The lowest BCUT2D eigenvalue weighted by atomic mass is 10.2. The minimum Gasteiger partial charge on any atom is -0.348 e. The van der Waals surface area contributed by atoms with Crippen LogP contribution in [0.5, 0.6) is 0 Å². The van der Waals surface area contributed by atoms with Crippen LogP contribution in [0.1, 0.15) is 18.4 Å². The first-order valence-electron chi connectivity index (χ1n) is 9.33. The number of hydrogen-bond donors (Lipinski definition) is 1. The number of fused-ring (bicyclic) bond motifs is 1. The summed E-state index contributed by atoms with van der Waals surface area (Å²) in [5.41, 5.74) is 0.981. The van der Waals surface area contributed by atoms with Gasteiger partial charge in [-0.1, -0.05) is 11.3 Å². The summed E-state index contributed by atoms with van der Waals surface area (Å²) < 4.78 is 3.32. The fraction of sp³-hybridized carbons (Fsp3) is 0.300. The SMILES string of the molecule is Cn1cc(/C=C/C(=O)Nc2ccc3nc(N4CCCC4)sc3c2)c(=O)n(C)c1=O. The zero-order valence-electron chi connectivity index (χ0n) is 16.2. The summed E-state index contributed by atoms with van der Waals surface area (Å²) in [6.07, 6.45) is 6.50. The number of aryl methyl sites for hydroxylation is 1. The molecular weight excluding hydrogens is 390 g/mol. The fourth-order valence-electron chi connectivity index (χ4n) is 3.33. The van der Waals surface area contributed by atoms with Crippen LogP contribution in [-0.2, 0) is 18.9 Å². The van der Waals surface area contributed by atoms with E-state index in [2.05, 4.69) is 15.2 Å². The van der Waals surface area contributed by atoms with Crippen molar-refractivity contribution in [3.63, 3.8) is 0 Å². The monoisotopic (exact) mass is 411 g/mol. The highest BCUT2D eigenvalue weighted by Gasteiger charge is 2.16. The molecule has 0 saturated carbocycles. The van der Waals surface area contributed by atoms with Gasteiger partial charge in [-0.15, -0.1) is 0 Å². The van der Waals surface area contributed by atoms with E-state index in [1.54, 1.807) is 18.4 Å². The minimum absolute atomic E-state index is 0.262. The molecule has 3 heterocycles. The number of carbonyl (C=O) groups excluding carboxylic acids is 1. The van der Waals surface area contributed by atoms with E-state index in [4.69, 9.17) is 0 Å². The van der Waals surface area contributed by atoms with Crippen molar-refractivity contribution < 1.29 is 4.79 Å². The molecule has 29 heavy (non-hydrogen) atoms. The number of benzene rings is 1. The summed E-state index contributed by atoms with van der Waals surface area (Å²) in [6, 6.07) is 5.61. The fourth-order valence-corrected chi connectivity index (χ4v) is 4.39. The van der Waals surface area contributed by atoms with E-state index < -0.39 is 11.2 Å². The topological polar surface area (TPSA) is 89.2 Å². The Morgan fingerprint density at radius 1 is 1.21 bits per heavy atom. The second-order valence-electron chi connectivity index (χ2n) is 7.04. The Labute approximate surface area is 170 Å². The zero-order chi connectivity index (χ0) is 20.5.